The van der Waals surface area contributed by atoms with Gasteiger partial charge in [0, 0.05) is 17.2 Å². The number of hydrogen-bond acceptors (Lipinski definition) is 4. The van der Waals surface area contributed by atoms with E-state index in [1.54, 1.807) is 7.11 Å². The Morgan fingerprint density at radius 3 is 2.69 bits per heavy atom. The summed E-state index contributed by atoms with van der Waals surface area (Å²) in [6.07, 6.45) is 3.17. The van der Waals surface area contributed by atoms with E-state index in [2.05, 4.69) is 35.0 Å². The lowest BCUT2D eigenvalue weighted by atomic mass is 9.93. The highest BCUT2D eigenvalue weighted by Gasteiger charge is 2.29. The number of aryl methyl sites for hydroxylation is 2. The predicted octanol–water partition coefficient (Wildman–Crippen LogP) is 1.13. The van der Waals surface area contributed by atoms with Gasteiger partial charge in [-0.25, -0.2) is 0 Å². The molecule has 0 aliphatic carbocycles. The van der Waals surface area contributed by atoms with Gasteiger partial charge >= 0.3 is 0 Å². The molecule has 0 unspecified atom stereocenters. The summed E-state index contributed by atoms with van der Waals surface area (Å²) in [6.45, 7) is 3.81. The highest BCUT2D eigenvalue weighted by Crippen LogP contribution is 2.46. The third-order valence-corrected chi connectivity index (χ3v) is 5.84. The first-order chi connectivity index (χ1) is 13.8. The maximum absolute atomic E-state index is 5.98. The van der Waals surface area contributed by atoms with Crippen LogP contribution in [0, 0.1) is 0 Å². The second-order valence-electron chi connectivity index (χ2n) is 7.22. The van der Waals surface area contributed by atoms with E-state index in [9.17, 15) is 0 Å². The van der Waals surface area contributed by atoms with Crippen LogP contribution in [0.1, 0.15) is 12.5 Å². The molecular weight excluding hydrogens is 434 g/mol. The molecule has 2 aliphatic heterocycles. The number of fused-ring (bicyclic) bond motifs is 4. The number of pyridine rings is 1. The van der Waals surface area contributed by atoms with Crippen molar-refractivity contribution in [3.05, 3.63) is 42.1 Å². The molecule has 0 saturated carbocycles. The van der Waals surface area contributed by atoms with Crippen molar-refractivity contribution in [3.8, 4) is 23.0 Å². The molecule has 0 spiro atoms. The van der Waals surface area contributed by atoms with Crippen LogP contribution in [-0.4, -0.2) is 20.5 Å². The molecule has 0 fully saturated rings. The Labute approximate surface area is 178 Å². The fourth-order valence-corrected chi connectivity index (χ4v) is 4.69. The second kappa shape index (κ2) is 6.66. The van der Waals surface area contributed by atoms with Crippen molar-refractivity contribution < 1.29 is 40.5 Å². The molecule has 2 aliphatic rings. The topological polar surface area (TPSA) is 40.8 Å². The number of benzene rings is 3. The van der Waals surface area contributed by atoms with Crippen LogP contribution in [0.2, 0.25) is 0 Å². The van der Waals surface area contributed by atoms with Gasteiger partial charge in [0.05, 0.1) is 29.9 Å². The molecule has 0 bridgehead atoms. The Hall–Kier alpha value is -2.73. The second-order valence-corrected chi connectivity index (χ2v) is 7.22. The summed E-state index contributed by atoms with van der Waals surface area (Å²) in [6, 6.07) is 10.6. The lowest BCUT2D eigenvalue weighted by molar-refractivity contribution is -0.670. The van der Waals surface area contributed by atoms with Gasteiger partial charge in [-0.2, -0.15) is 4.57 Å². The van der Waals surface area contributed by atoms with Gasteiger partial charge < -0.3 is 35.9 Å². The normalized spacial score (nSPS) is 13.9. The van der Waals surface area contributed by atoms with Gasteiger partial charge in [-0.05, 0) is 42.8 Å². The molecule has 6 heteroatoms. The third-order valence-electron chi connectivity index (χ3n) is 5.84. The summed E-state index contributed by atoms with van der Waals surface area (Å²) < 4.78 is 25.3. The fraction of sp³-hybridized carbons (Fsp3) is 0.261. The van der Waals surface area contributed by atoms with E-state index >= 15 is 0 Å². The van der Waals surface area contributed by atoms with Gasteiger partial charge in [0.25, 0.3) is 0 Å². The lowest BCUT2D eigenvalue weighted by Crippen LogP contribution is -3.00. The van der Waals surface area contributed by atoms with E-state index in [1.165, 1.54) is 27.2 Å². The maximum Gasteiger partial charge on any atom is 0.231 e. The predicted molar refractivity (Wildman–Crippen MR) is 107 cm³/mol. The number of methoxy groups -OCH3 is 1. The summed E-state index contributed by atoms with van der Waals surface area (Å²) in [4.78, 5) is 0. The lowest BCUT2D eigenvalue weighted by Gasteiger charge is -2.18. The molecule has 5 nitrogen and oxygen atoms in total. The van der Waals surface area contributed by atoms with Crippen LogP contribution < -0.4 is 40.5 Å². The van der Waals surface area contributed by atoms with Crippen molar-refractivity contribution in [2.45, 2.75) is 19.9 Å². The Balaban J connectivity index is 0.00000181. The van der Waals surface area contributed by atoms with Crippen molar-refractivity contribution in [2.24, 2.45) is 0 Å². The summed E-state index contributed by atoms with van der Waals surface area (Å²) >= 11 is 0. The zero-order valence-corrected chi connectivity index (χ0v) is 17.8. The van der Waals surface area contributed by atoms with Crippen LogP contribution in [0.4, 0.5) is 0 Å². The van der Waals surface area contributed by atoms with Crippen LogP contribution in [0.3, 0.4) is 0 Å². The molecule has 1 aromatic heterocycles. The monoisotopic (exact) mass is 453 g/mol. The van der Waals surface area contributed by atoms with Gasteiger partial charge in [-0.1, -0.05) is 0 Å². The minimum atomic E-state index is 0. The highest BCUT2D eigenvalue weighted by molar-refractivity contribution is 6.17. The SMILES string of the molecule is CCOc1c(OC)ccc2c1c[n+]1c3c2ccc2c4c(cc(c23)CC1)OCO4.[Br-]. The van der Waals surface area contributed by atoms with Crippen LogP contribution in [0.25, 0.3) is 32.4 Å². The molecule has 3 aromatic carbocycles. The van der Waals surface area contributed by atoms with Gasteiger partial charge in [0.15, 0.2) is 35.7 Å². The molecule has 0 N–H and O–H groups in total. The zero-order chi connectivity index (χ0) is 18.8. The molecule has 29 heavy (non-hydrogen) atoms. The average molecular weight is 454 g/mol. The number of halogens is 1. The number of hydrogen-bond donors (Lipinski definition) is 0. The minimum absolute atomic E-state index is 0. The quantitative estimate of drug-likeness (QED) is 0.344. The van der Waals surface area contributed by atoms with Crippen molar-refractivity contribution in [1.29, 1.82) is 0 Å². The molecule has 3 heterocycles. The van der Waals surface area contributed by atoms with Crippen molar-refractivity contribution >= 4 is 32.4 Å². The molecule has 148 valence electrons. The summed E-state index contributed by atoms with van der Waals surface area (Å²) in [5.41, 5.74) is 2.57. The van der Waals surface area contributed by atoms with Crippen LogP contribution in [0.5, 0.6) is 23.0 Å². The number of aromatic nitrogens is 1. The summed E-state index contributed by atoms with van der Waals surface area (Å²) in [7, 11) is 1.68. The smallest absolute Gasteiger partial charge is 0.231 e. The first-order valence-corrected chi connectivity index (χ1v) is 9.64. The molecular formula is C23H20BrNO4. The van der Waals surface area contributed by atoms with E-state index in [-0.39, 0.29) is 17.0 Å². The van der Waals surface area contributed by atoms with E-state index in [4.69, 9.17) is 18.9 Å². The molecule has 6 rings (SSSR count). The molecule has 4 aromatic rings. The van der Waals surface area contributed by atoms with E-state index < -0.39 is 0 Å². The minimum Gasteiger partial charge on any atom is -1.00 e. The zero-order valence-electron chi connectivity index (χ0n) is 16.3. The molecule has 0 amide bonds. The Morgan fingerprint density at radius 2 is 1.86 bits per heavy atom. The molecule has 0 atom stereocenters. The Morgan fingerprint density at radius 1 is 1.03 bits per heavy atom. The van der Waals surface area contributed by atoms with Crippen LogP contribution in [0.15, 0.2) is 36.5 Å². The number of nitrogens with zero attached hydrogens (tertiary/aromatic N) is 1. The number of ether oxygens (including phenoxy) is 4. The summed E-state index contributed by atoms with van der Waals surface area (Å²) in [5, 5.41) is 5.86. The highest BCUT2D eigenvalue weighted by atomic mass is 79.9. The number of rotatable bonds is 3. The van der Waals surface area contributed by atoms with E-state index in [1.807, 2.05) is 13.0 Å². The Kier molecular flexibility index (Phi) is 4.21. The van der Waals surface area contributed by atoms with Crippen molar-refractivity contribution in [2.75, 3.05) is 20.5 Å². The Bertz CT molecular complexity index is 1300. The van der Waals surface area contributed by atoms with Crippen LogP contribution in [-0.2, 0) is 13.0 Å². The van der Waals surface area contributed by atoms with Gasteiger partial charge in [0.2, 0.25) is 12.3 Å². The first-order valence-electron chi connectivity index (χ1n) is 9.64. The maximum atomic E-state index is 5.98. The van der Waals surface area contributed by atoms with Crippen molar-refractivity contribution in [3.63, 3.8) is 0 Å². The first kappa shape index (κ1) is 18.3. The third kappa shape index (κ3) is 2.42. The van der Waals surface area contributed by atoms with E-state index in [0.29, 0.717) is 13.4 Å². The van der Waals surface area contributed by atoms with E-state index in [0.717, 1.165) is 46.7 Å². The van der Waals surface area contributed by atoms with Crippen LogP contribution >= 0.6 is 0 Å². The molecule has 0 saturated heterocycles. The van der Waals surface area contributed by atoms with Gasteiger partial charge in [-0.15, -0.1) is 0 Å². The fourth-order valence-electron chi connectivity index (χ4n) is 4.69. The molecule has 0 radical (unpaired) electrons. The van der Waals surface area contributed by atoms with Gasteiger partial charge in [0.1, 0.15) is 0 Å². The average Bonchev–Trinajstić information content (AvgIpc) is 3.20. The van der Waals surface area contributed by atoms with Gasteiger partial charge in [-0.3, -0.25) is 0 Å². The largest absolute Gasteiger partial charge is 1.00 e. The standard InChI is InChI=1S/C23H20NO4.BrH/c1-3-26-23-17-11-24-9-8-13-10-19-22(28-12-27-19)16-5-4-15(21(24)20(13)16)14(17)6-7-18(23)25-2;/h4-7,10-11H,3,8-9,12H2,1-2H3;1H/q+1;/p-1. The van der Waals surface area contributed by atoms with Crippen molar-refractivity contribution in [1.82, 2.24) is 0 Å². The summed E-state index contributed by atoms with van der Waals surface area (Å²) in [5.74, 6) is 3.30.